The molecule has 2 fully saturated rings. The lowest BCUT2D eigenvalue weighted by Gasteiger charge is -2.32. The number of hydrogen-bond donors (Lipinski definition) is 1. The Bertz CT molecular complexity index is 609. The van der Waals surface area contributed by atoms with E-state index in [0.29, 0.717) is 11.3 Å². The summed E-state index contributed by atoms with van der Waals surface area (Å²) in [5, 5.41) is 3.62. The van der Waals surface area contributed by atoms with Crippen LogP contribution in [0.15, 0.2) is 9.41 Å². The molecule has 3 rings (SSSR count). The molecular weight excluding hydrogens is 326 g/mol. The predicted octanol–water partition coefficient (Wildman–Crippen LogP) is 2.81. The molecule has 0 saturated carbocycles. The minimum atomic E-state index is 0.402. The van der Waals surface area contributed by atoms with Crippen molar-refractivity contribution in [3.8, 4) is 0 Å². The molecule has 1 aromatic heterocycles. The van der Waals surface area contributed by atoms with Gasteiger partial charge in [-0.2, -0.15) is 0 Å². The molecule has 0 spiro atoms. The summed E-state index contributed by atoms with van der Waals surface area (Å²) in [5.74, 6) is 3.58. The van der Waals surface area contributed by atoms with E-state index in [2.05, 4.69) is 38.9 Å². The normalized spacial score (nSPS) is 22.2. The third-order valence-corrected chi connectivity index (χ3v) is 5.88. The summed E-state index contributed by atoms with van der Waals surface area (Å²) >= 11 is 0. The quantitative estimate of drug-likeness (QED) is 0.660. The van der Waals surface area contributed by atoms with Gasteiger partial charge in [-0.1, -0.05) is 13.8 Å². The Hall–Kier alpha value is -1.56. The second-order valence-corrected chi connectivity index (χ2v) is 8.73. The number of aromatic nitrogens is 1. The summed E-state index contributed by atoms with van der Waals surface area (Å²) in [6.07, 6.45) is 3.67. The number of nitrogens with zero attached hydrogens (tertiary/aromatic N) is 4. The highest BCUT2D eigenvalue weighted by molar-refractivity contribution is 5.80. The van der Waals surface area contributed by atoms with Gasteiger partial charge in [0.2, 0.25) is 5.89 Å². The molecule has 0 bridgehead atoms. The fourth-order valence-corrected chi connectivity index (χ4v) is 4.01. The number of rotatable bonds is 4. The molecule has 0 amide bonds. The zero-order valence-electron chi connectivity index (χ0n) is 17.1. The fraction of sp³-hybridized carbons (Fsp3) is 0.800. The van der Waals surface area contributed by atoms with E-state index in [1.807, 2.05) is 20.9 Å². The third-order valence-electron chi connectivity index (χ3n) is 5.88. The number of likely N-dealkylation sites (tertiary alicyclic amines) is 2. The van der Waals surface area contributed by atoms with E-state index < -0.39 is 0 Å². The summed E-state index contributed by atoms with van der Waals surface area (Å²) in [6.45, 7) is 15.0. The van der Waals surface area contributed by atoms with Crippen molar-refractivity contribution in [1.82, 2.24) is 20.1 Å². The molecule has 0 atom stereocenters. The standard InChI is InChI=1S/C20H35N5O/c1-15-16(2)26-18(23-15)13-24-9-6-17(7-10-24)12-22-19(21-5)25-11-8-20(3,4)14-25/h17H,6-14H2,1-5H3,(H,21,22). The van der Waals surface area contributed by atoms with E-state index in [0.717, 1.165) is 62.6 Å². The minimum Gasteiger partial charge on any atom is -0.444 e. The van der Waals surface area contributed by atoms with Crippen molar-refractivity contribution < 1.29 is 4.42 Å². The van der Waals surface area contributed by atoms with Gasteiger partial charge in [0.1, 0.15) is 5.76 Å². The van der Waals surface area contributed by atoms with E-state index >= 15 is 0 Å². The van der Waals surface area contributed by atoms with Crippen LogP contribution in [0.3, 0.4) is 0 Å². The zero-order chi connectivity index (χ0) is 18.7. The van der Waals surface area contributed by atoms with Crippen molar-refractivity contribution in [3.05, 3.63) is 17.3 Å². The van der Waals surface area contributed by atoms with Crippen LogP contribution in [0.5, 0.6) is 0 Å². The van der Waals surface area contributed by atoms with Crippen LogP contribution >= 0.6 is 0 Å². The fourth-order valence-electron chi connectivity index (χ4n) is 4.01. The number of oxazole rings is 1. The molecule has 1 N–H and O–H groups in total. The monoisotopic (exact) mass is 361 g/mol. The van der Waals surface area contributed by atoms with Crippen LogP contribution in [-0.2, 0) is 6.54 Å². The molecular formula is C20H35N5O. The van der Waals surface area contributed by atoms with E-state index in [4.69, 9.17) is 4.42 Å². The lowest BCUT2D eigenvalue weighted by atomic mass is 9.93. The maximum atomic E-state index is 5.72. The SMILES string of the molecule is CN=C(NCC1CCN(Cc2nc(C)c(C)o2)CC1)N1CCC(C)(C)C1. The topological polar surface area (TPSA) is 56.9 Å². The van der Waals surface area contributed by atoms with Crippen LogP contribution in [0.2, 0.25) is 0 Å². The number of aliphatic imine (C=N–C) groups is 1. The lowest BCUT2D eigenvalue weighted by molar-refractivity contribution is 0.163. The molecule has 146 valence electrons. The highest BCUT2D eigenvalue weighted by Crippen LogP contribution is 2.28. The molecule has 3 heterocycles. The summed E-state index contributed by atoms with van der Waals surface area (Å²) in [4.78, 5) is 13.9. The van der Waals surface area contributed by atoms with Crippen molar-refractivity contribution in [2.75, 3.05) is 39.8 Å². The van der Waals surface area contributed by atoms with Crippen molar-refractivity contribution >= 4 is 5.96 Å². The molecule has 2 aliphatic heterocycles. The molecule has 26 heavy (non-hydrogen) atoms. The van der Waals surface area contributed by atoms with Gasteiger partial charge in [0.05, 0.1) is 12.2 Å². The molecule has 6 heteroatoms. The number of hydrogen-bond acceptors (Lipinski definition) is 4. The largest absolute Gasteiger partial charge is 0.444 e. The van der Waals surface area contributed by atoms with Crippen molar-refractivity contribution in [1.29, 1.82) is 0 Å². The van der Waals surface area contributed by atoms with Gasteiger partial charge >= 0.3 is 0 Å². The van der Waals surface area contributed by atoms with Crippen LogP contribution in [0.1, 0.15) is 50.5 Å². The summed E-state index contributed by atoms with van der Waals surface area (Å²) in [5.41, 5.74) is 1.41. The van der Waals surface area contributed by atoms with Crippen LogP contribution in [0.4, 0.5) is 0 Å². The van der Waals surface area contributed by atoms with Crippen LogP contribution in [-0.4, -0.2) is 60.5 Å². The van der Waals surface area contributed by atoms with Gasteiger partial charge in [0, 0.05) is 26.7 Å². The second kappa shape index (κ2) is 7.99. The molecule has 0 unspecified atom stereocenters. The van der Waals surface area contributed by atoms with Gasteiger partial charge in [-0.25, -0.2) is 4.98 Å². The van der Waals surface area contributed by atoms with Gasteiger partial charge in [0.15, 0.2) is 5.96 Å². The van der Waals surface area contributed by atoms with Crippen LogP contribution < -0.4 is 5.32 Å². The van der Waals surface area contributed by atoms with Gasteiger partial charge < -0.3 is 14.6 Å². The highest BCUT2D eigenvalue weighted by atomic mass is 16.4. The predicted molar refractivity (Wildman–Crippen MR) is 105 cm³/mol. The van der Waals surface area contributed by atoms with Crippen LogP contribution in [0.25, 0.3) is 0 Å². The Morgan fingerprint density at radius 2 is 2.00 bits per heavy atom. The zero-order valence-corrected chi connectivity index (χ0v) is 17.1. The van der Waals surface area contributed by atoms with E-state index in [1.54, 1.807) is 0 Å². The maximum absolute atomic E-state index is 5.72. The molecule has 0 aromatic carbocycles. The van der Waals surface area contributed by atoms with Crippen molar-refractivity contribution in [2.24, 2.45) is 16.3 Å². The second-order valence-electron chi connectivity index (χ2n) is 8.73. The number of nitrogens with one attached hydrogen (secondary N) is 1. The average Bonchev–Trinajstić information content (AvgIpc) is 3.11. The smallest absolute Gasteiger partial charge is 0.208 e. The van der Waals surface area contributed by atoms with Crippen LogP contribution in [0, 0.1) is 25.2 Å². The number of aryl methyl sites for hydroxylation is 2. The first-order chi connectivity index (χ1) is 12.4. The summed E-state index contributed by atoms with van der Waals surface area (Å²) in [6, 6.07) is 0. The van der Waals surface area contributed by atoms with Gasteiger partial charge in [-0.05, 0) is 57.5 Å². The van der Waals surface area contributed by atoms with Gasteiger partial charge in [-0.3, -0.25) is 9.89 Å². The van der Waals surface area contributed by atoms with E-state index in [-0.39, 0.29) is 0 Å². The van der Waals surface area contributed by atoms with Gasteiger partial charge in [0.25, 0.3) is 0 Å². The molecule has 0 aliphatic carbocycles. The van der Waals surface area contributed by atoms with Crippen molar-refractivity contribution in [3.63, 3.8) is 0 Å². The number of piperidine rings is 1. The molecule has 1 aromatic rings. The third kappa shape index (κ3) is 4.78. The van der Waals surface area contributed by atoms with Crippen molar-refractivity contribution in [2.45, 2.75) is 53.5 Å². The Labute approximate surface area is 158 Å². The molecule has 2 aliphatic rings. The summed E-state index contributed by atoms with van der Waals surface area (Å²) in [7, 11) is 1.90. The molecule has 2 saturated heterocycles. The Morgan fingerprint density at radius 3 is 2.54 bits per heavy atom. The average molecular weight is 362 g/mol. The van der Waals surface area contributed by atoms with E-state index in [9.17, 15) is 0 Å². The Morgan fingerprint density at radius 1 is 1.27 bits per heavy atom. The van der Waals surface area contributed by atoms with E-state index in [1.165, 1.54) is 19.3 Å². The Balaban J connectivity index is 1.41. The summed E-state index contributed by atoms with van der Waals surface area (Å²) < 4.78 is 5.72. The first-order valence-electron chi connectivity index (χ1n) is 9.97. The van der Waals surface area contributed by atoms with Gasteiger partial charge in [-0.15, -0.1) is 0 Å². The first-order valence-corrected chi connectivity index (χ1v) is 9.97. The molecule has 0 radical (unpaired) electrons. The first kappa shape index (κ1) is 19.2. The number of guanidine groups is 1. The lowest BCUT2D eigenvalue weighted by Crippen LogP contribution is -2.44. The maximum Gasteiger partial charge on any atom is 0.208 e. The highest BCUT2D eigenvalue weighted by Gasteiger charge is 2.31. The Kier molecular flexibility index (Phi) is 5.90. The minimum absolute atomic E-state index is 0.402. The molecule has 6 nitrogen and oxygen atoms in total.